The minimum atomic E-state index is 0.0857. The number of carbonyl (C=O) groups is 1. The van der Waals surface area contributed by atoms with E-state index in [0.29, 0.717) is 18.1 Å². The van der Waals surface area contributed by atoms with E-state index in [4.69, 9.17) is 5.73 Å². The van der Waals surface area contributed by atoms with Gasteiger partial charge in [0.2, 0.25) is 5.91 Å². The number of aromatic nitrogens is 1. The van der Waals surface area contributed by atoms with Crippen LogP contribution in [0.25, 0.3) is 0 Å². The molecule has 0 saturated heterocycles. The van der Waals surface area contributed by atoms with Crippen LogP contribution in [0.15, 0.2) is 18.3 Å². The van der Waals surface area contributed by atoms with Gasteiger partial charge in [-0.2, -0.15) is 0 Å². The number of rotatable bonds is 5. The molecule has 0 unspecified atom stereocenters. The number of amides is 1. The van der Waals surface area contributed by atoms with E-state index >= 15 is 0 Å². The summed E-state index contributed by atoms with van der Waals surface area (Å²) in [6.07, 6.45) is 1.67. The monoisotopic (exact) mass is 236 g/mol. The third-order valence-corrected chi connectivity index (χ3v) is 2.67. The number of hydrogen-bond donors (Lipinski definition) is 1. The van der Waals surface area contributed by atoms with Crippen molar-refractivity contribution in [2.45, 2.75) is 13.8 Å². The molecule has 1 aromatic rings. The summed E-state index contributed by atoms with van der Waals surface area (Å²) in [5.41, 5.74) is 6.39. The van der Waals surface area contributed by atoms with Gasteiger partial charge in [0.15, 0.2) is 5.82 Å². The van der Waals surface area contributed by atoms with Crippen LogP contribution >= 0.6 is 0 Å². The summed E-state index contributed by atoms with van der Waals surface area (Å²) in [5, 5.41) is 0. The first-order valence-corrected chi connectivity index (χ1v) is 5.79. The minimum Gasteiger partial charge on any atom is -0.396 e. The van der Waals surface area contributed by atoms with Crippen molar-refractivity contribution < 1.29 is 4.79 Å². The van der Waals surface area contributed by atoms with Crippen LogP contribution in [-0.4, -0.2) is 42.5 Å². The van der Waals surface area contributed by atoms with Gasteiger partial charge in [0.1, 0.15) is 0 Å². The van der Waals surface area contributed by atoms with E-state index in [1.54, 1.807) is 28.1 Å². The second kappa shape index (κ2) is 6.08. The van der Waals surface area contributed by atoms with Gasteiger partial charge in [0, 0.05) is 26.3 Å². The van der Waals surface area contributed by atoms with Gasteiger partial charge < -0.3 is 15.5 Å². The Morgan fingerprint density at radius 2 is 2.06 bits per heavy atom. The fraction of sp³-hybridized carbons (Fsp3) is 0.500. The molecule has 1 amide bonds. The summed E-state index contributed by atoms with van der Waals surface area (Å²) in [5.74, 6) is 0.732. The number of pyridine rings is 1. The van der Waals surface area contributed by atoms with Crippen molar-refractivity contribution in [3.05, 3.63) is 18.3 Å². The third kappa shape index (κ3) is 3.34. The number of anilines is 2. The lowest BCUT2D eigenvalue weighted by molar-refractivity contribution is -0.129. The molecule has 1 heterocycles. The fourth-order valence-electron chi connectivity index (χ4n) is 1.68. The maximum atomic E-state index is 11.9. The molecule has 0 aromatic carbocycles. The summed E-state index contributed by atoms with van der Waals surface area (Å²) in [6.45, 7) is 5.68. The van der Waals surface area contributed by atoms with Gasteiger partial charge in [-0.1, -0.05) is 0 Å². The Balaban J connectivity index is 2.70. The van der Waals surface area contributed by atoms with Crippen molar-refractivity contribution in [2.24, 2.45) is 0 Å². The Morgan fingerprint density at radius 3 is 2.59 bits per heavy atom. The number of carbonyl (C=O) groups excluding carboxylic acids is 1. The van der Waals surface area contributed by atoms with Gasteiger partial charge in [0.05, 0.1) is 12.2 Å². The topological polar surface area (TPSA) is 62.5 Å². The summed E-state index contributed by atoms with van der Waals surface area (Å²) in [6, 6.07) is 3.56. The zero-order chi connectivity index (χ0) is 12.8. The zero-order valence-corrected chi connectivity index (χ0v) is 10.7. The molecule has 0 aliphatic heterocycles. The van der Waals surface area contributed by atoms with Crippen molar-refractivity contribution in [3.63, 3.8) is 0 Å². The van der Waals surface area contributed by atoms with Crippen molar-refractivity contribution >= 4 is 17.4 Å². The Hall–Kier alpha value is -1.78. The Morgan fingerprint density at radius 1 is 1.41 bits per heavy atom. The number of likely N-dealkylation sites (N-methyl/N-ethyl adjacent to an activating group) is 2. The van der Waals surface area contributed by atoms with Crippen LogP contribution in [0.2, 0.25) is 0 Å². The number of nitrogen functional groups attached to an aromatic ring is 1. The first-order chi connectivity index (χ1) is 8.10. The van der Waals surface area contributed by atoms with Crippen molar-refractivity contribution in [1.29, 1.82) is 0 Å². The first-order valence-electron chi connectivity index (χ1n) is 5.79. The molecule has 94 valence electrons. The predicted octanol–water partition coefficient (Wildman–Crippen LogP) is 0.968. The van der Waals surface area contributed by atoms with Gasteiger partial charge in [-0.3, -0.25) is 4.79 Å². The maximum Gasteiger partial charge on any atom is 0.242 e. The van der Waals surface area contributed by atoms with Crippen LogP contribution < -0.4 is 10.6 Å². The smallest absolute Gasteiger partial charge is 0.242 e. The van der Waals surface area contributed by atoms with Gasteiger partial charge in [-0.15, -0.1) is 0 Å². The molecule has 0 aliphatic rings. The molecule has 1 rings (SSSR count). The molecule has 0 atom stereocenters. The van der Waals surface area contributed by atoms with Crippen molar-refractivity contribution in [2.75, 3.05) is 37.3 Å². The highest BCUT2D eigenvalue weighted by Gasteiger charge is 2.14. The third-order valence-electron chi connectivity index (χ3n) is 2.67. The van der Waals surface area contributed by atoms with Gasteiger partial charge >= 0.3 is 0 Å². The van der Waals surface area contributed by atoms with Gasteiger partial charge in [-0.25, -0.2) is 4.98 Å². The second-order valence-corrected chi connectivity index (χ2v) is 3.84. The molecule has 0 aliphatic carbocycles. The fourth-order valence-corrected chi connectivity index (χ4v) is 1.68. The summed E-state index contributed by atoms with van der Waals surface area (Å²) >= 11 is 0. The largest absolute Gasteiger partial charge is 0.396 e. The molecule has 0 fully saturated rings. The molecule has 0 bridgehead atoms. The first kappa shape index (κ1) is 13.3. The standard InChI is InChI=1S/C12H20N4O/c1-4-16(5-2)11(17)9-15(3)12-10(13)7-6-8-14-12/h6-8H,4-5,9,13H2,1-3H3. The highest BCUT2D eigenvalue weighted by atomic mass is 16.2. The summed E-state index contributed by atoms with van der Waals surface area (Å²) < 4.78 is 0. The lowest BCUT2D eigenvalue weighted by Gasteiger charge is -2.24. The minimum absolute atomic E-state index is 0.0857. The number of hydrogen-bond acceptors (Lipinski definition) is 4. The summed E-state index contributed by atoms with van der Waals surface area (Å²) in [4.78, 5) is 19.6. The molecular weight excluding hydrogens is 216 g/mol. The highest BCUT2D eigenvalue weighted by molar-refractivity contribution is 5.82. The van der Waals surface area contributed by atoms with E-state index in [0.717, 1.165) is 13.1 Å². The molecule has 5 heteroatoms. The van der Waals surface area contributed by atoms with Crippen LogP contribution in [-0.2, 0) is 4.79 Å². The maximum absolute atomic E-state index is 11.9. The van der Waals surface area contributed by atoms with E-state index < -0.39 is 0 Å². The molecule has 17 heavy (non-hydrogen) atoms. The van der Waals surface area contributed by atoms with Crippen molar-refractivity contribution in [3.8, 4) is 0 Å². The van der Waals surface area contributed by atoms with Gasteiger partial charge in [0.25, 0.3) is 0 Å². The van der Waals surface area contributed by atoms with Crippen LogP contribution in [0, 0.1) is 0 Å². The zero-order valence-electron chi connectivity index (χ0n) is 10.7. The van der Waals surface area contributed by atoms with Crippen LogP contribution in [0.3, 0.4) is 0 Å². The second-order valence-electron chi connectivity index (χ2n) is 3.84. The van der Waals surface area contributed by atoms with E-state index in [2.05, 4.69) is 4.98 Å². The Kier molecular flexibility index (Phi) is 4.75. The molecule has 0 radical (unpaired) electrons. The quantitative estimate of drug-likeness (QED) is 0.827. The normalized spacial score (nSPS) is 10.1. The van der Waals surface area contributed by atoms with Crippen LogP contribution in [0.5, 0.6) is 0 Å². The highest BCUT2D eigenvalue weighted by Crippen LogP contribution is 2.17. The lowest BCUT2D eigenvalue weighted by Crippen LogP contribution is -2.39. The van der Waals surface area contributed by atoms with E-state index in [1.807, 2.05) is 20.9 Å². The van der Waals surface area contributed by atoms with E-state index in [-0.39, 0.29) is 5.91 Å². The summed E-state index contributed by atoms with van der Waals surface area (Å²) in [7, 11) is 1.82. The molecule has 5 nitrogen and oxygen atoms in total. The Bertz CT molecular complexity index is 377. The van der Waals surface area contributed by atoms with Crippen LogP contribution in [0.1, 0.15) is 13.8 Å². The predicted molar refractivity (Wildman–Crippen MR) is 69.8 cm³/mol. The molecule has 0 spiro atoms. The number of nitrogens with two attached hydrogens (primary N) is 1. The average molecular weight is 236 g/mol. The molecule has 2 N–H and O–H groups in total. The molecule has 1 aromatic heterocycles. The van der Waals surface area contributed by atoms with E-state index in [9.17, 15) is 4.79 Å². The molecular formula is C12H20N4O. The number of nitrogens with zero attached hydrogens (tertiary/aromatic N) is 3. The van der Waals surface area contributed by atoms with E-state index in [1.165, 1.54) is 0 Å². The average Bonchev–Trinajstić information content (AvgIpc) is 2.31. The Labute approximate surface area is 102 Å². The van der Waals surface area contributed by atoms with Crippen molar-refractivity contribution in [1.82, 2.24) is 9.88 Å². The molecule has 0 saturated carbocycles. The lowest BCUT2D eigenvalue weighted by atomic mass is 10.3. The van der Waals surface area contributed by atoms with Gasteiger partial charge in [-0.05, 0) is 26.0 Å². The van der Waals surface area contributed by atoms with Crippen LogP contribution in [0.4, 0.5) is 11.5 Å². The SMILES string of the molecule is CCN(CC)C(=O)CN(C)c1ncccc1N.